The minimum absolute atomic E-state index is 0.0352. The molecule has 0 fully saturated rings. The van der Waals surface area contributed by atoms with Crippen LogP contribution >= 0.6 is 0 Å². The average Bonchev–Trinajstić information content (AvgIpc) is 2.42. The third kappa shape index (κ3) is 3.45. The van der Waals surface area contributed by atoms with Crippen molar-refractivity contribution in [3.63, 3.8) is 0 Å². The summed E-state index contributed by atoms with van der Waals surface area (Å²) in [5, 5.41) is 5.84. The van der Waals surface area contributed by atoms with Crippen molar-refractivity contribution < 1.29 is 13.2 Å². The van der Waals surface area contributed by atoms with Gasteiger partial charge in [-0.05, 0) is 26.1 Å². The molecule has 0 radical (unpaired) electrons. The Kier molecular flexibility index (Phi) is 4.24. The fourth-order valence-electron chi connectivity index (χ4n) is 1.79. The molecule has 0 saturated carbocycles. The van der Waals surface area contributed by atoms with Gasteiger partial charge in [-0.25, -0.2) is 8.42 Å². The summed E-state index contributed by atoms with van der Waals surface area (Å²) >= 11 is 0. The topological polar surface area (TPSA) is 90.9 Å². The lowest BCUT2D eigenvalue weighted by Gasteiger charge is -2.27. The van der Waals surface area contributed by atoms with Crippen molar-refractivity contribution in [1.82, 2.24) is 15.5 Å². The van der Waals surface area contributed by atoms with Gasteiger partial charge in [-0.1, -0.05) is 0 Å². The standard InChI is InChI=1S/C12H18N4O3S/c1-9(13-2)7-14-12(17)10-3-4-11-15-20(18,19)6-5-16(11)8-10/h3-4,8-9,13H,5-7H2,1-2H3,(H,14,17). The Morgan fingerprint density at radius 2 is 2.25 bits per heavy atom. The smallest absolute Gasteiger partial charge is 0.256 e. The number of fused-ring (bicyclic) bond motifs is 1. The van der Waals surface area contributed by atoms with Crippen LogP contribution in [0.5, 0.6) is 0 Å². The van der Waals surface area contributed by atoms with Crippen molar-refractivity contribution in [2.75, 3.05) is 25.9 Å². The van der Waals surface area contributed by atoms with Crippen molar-refractivity contribution >= 4 is 21.8 Å². The van der Waals surface area contributed by atoms with Crippen molar-refractivity contribution in [3.8, 4) is 0 Å². The number of hydrogen-bond acceptors (Lipinski definition) is 5. The van der Waals surface area contributed by atoms with E-state index in [1.807, 2.05) is 14.0 Å². The van der Waals surface area contributed by atoms with Gasteiger partial charge in [-0.3, -0.25) is 4.79 Å². The number of sulfonamides is 1. The first-order valence-electron chi connectivity index (χ1n) is 6.36. The Morgan fingerprint density at radius 1 is 1.50 bits per heavy atom. The SMILES string of the molecule is CNC(C)CNC(=O)C1=CN2CCS(=O)(=O)N=C2C=C1. The maximum atomic E-state index is 12.0. The molecule has 7 nitrogen and oxygen atoms in total. The Morgan fingerprint density at radius 3 is 2.95 bits per heavy atom. The molecule has 1 unspecified atom stereocenters. The summed E-state index contributed by atoms with van der Waals surface area (Å²) in [7, 11) is -1.53. The number of amides is 1. The molecule has 2 N–H and O–H groups in total. The molecule has 0 aromatic carbocycles. The first kappa shape index (κ1) is 14.7. The van der Waals surface area contributed by atoms with E-state index < -0.39 is 10.0 Å². The minimum atomic E-state index is -3.36. The summed E-state index contributed by atoms with van der Waals surface area (Å²) in [4.78, 5) is 13.7. The van der Waals surface area contributed by atoms with Crippen LogP contribution in [0.4, 0.5) is 0 Å². The van der Waals surface area contributed by atoms with Gasteiger partial charge in [-0.15, -0.1) is 4.40 Å². The highest BCUT2D eigenvalue weighted by Crippen LogP contribution is 2.15. The normalized spacial score (nSPS) is 21.6. The zero-order valence-electron chi connectivity index (χ0n) is 11.5. The van der Waals surface area contributed by atoms with E-state index in [1.165, 1.54) is 0 Å². The summed E-state index contributed by atoms with van der Waals surface area (Å²) in [6, 6.07) is 0.185. The molecule has 0 aromatic rings. The summed E-state index contributed by atoms with van der Waals surface area (Å²) < 4.78 is 26.4. The molecule has 2 rings (SSSR count). The second-order valence-electron chi connectivity index (χ2n) is 4.75. The lowest BCUT2D eigenvalue weighted by Crippen LogP contribution is -2.40. The highest BCUT2D eigenvalue weighted by molar-refractivity contribution is 7.90. The first-order valence-corrected chi connectivity index (χ1v) is 7.97. The molecule has 8 heteroatoms. The third-order valence-corrected chi connectivity index (χ3v) is 4.31. The number of carbonyl (C=O) groups is 1. The van der Waals surface area contributed by atoms with Gasteiger partial charge in [0.2, 0.25) is 0 Å². The second-order valence-corrected chi connectivity index (χ2v) is 6.50. The van der Waals surface area contributed by atoms with Gasteiger partial charge in [-0.2, -0.15) is 0 Å². The summed E-state index contributed by atoms with van der Waals surface area (Å²) in [6.45, 7) is 2.80. The van der Waals surface area contributed by atoms with Crippen LogP contribution in [-0.2, 0) is 14.8 Å². The lowest BCUT2D eigenvalue weighted by molar-refractivity contribution is -0.117. The van der Waals surface area contributed by atoms with Crippen molar-refractivity contribution in [3.05, 3.63) is 23.9 Å². The molecule has 2 aliphatic heterocycles. The Labute approximate surface area is 118 Å². The van der Waals surface area contributed by atoms with Gasteiger partial charge < -0.3 is 15.5 Å². The second kappa shape index (κ2) is 5.76. The number of nitrogens with one attached hydrogen (secondary N) is 2. The molecular weight excluding hydrogens is 280 g/mol. The van der Waals surface area contributed by atoms with Crippen LogP contribution in [-0.4, -0.2) is 57.0 Å². The Balaban J connectivity index is 2.05. The quantitative estimate of drug-likeness (QED) is 0.710. The molecule has 0 saturated heterocycles. The molecule has 110 valence electrons. The summed E-state index contributed by atoms with van der Waals surface area (Å²) in [6.07, 6.45) is 4.76. The van der Waals surface area contributed by atoms with Crippen molar-refractivity contribution in [2.24, 2.45) is 4.40 Å². The molecule has 1 amide bonds. The van der Waals surface area contributed by atoms with Gasteiger partial charge in [0.15, 0.2) is 0 Å². The molecule has 0 aliphatic carbocycles. The average molecular weight is 298 g/mol. The number of hydrogen-bond donors (Lipinski definition) is 2. The van der Waals surface area contributed by atoms with Crippen LogP contribution in [0, 0.1) is 0 Å². The van der Waals surface area contributed by atoms with E-state index in [0.29, 0.717) is 24.5 Å². The van der Waals surface area contributed by atoms with E-state index >= 15 is 0 Å². The van der Waals surface area contributed by atoms with Gasteiger partial charge in [0.1, 0.15) is 5.84 Å². The molecule has 1 atom stereocenters. The highest BCUT2D eigenvalue weighted by atomic mass is 32.2. The fraction of sp³-hybridized carbons (Fsp3) is 0.500. The number of nitrogens with zero attached hydrogens (tertiary/aromatic N) is 2. The molecule has 0 spiro atoms. The predicted octanol–water partition coefficient (Wildman–Crippen LogP) is -0.792. The van der Waals surface area contributed by atoms with E-state index in [0.717, 1.165) is 0 Å². The predicted molar refractivity (Wildman–Crippen MR) is 76.7 cm³/mol. The number of rotatable bonds is 4. The largest absolute Gasteiger partial charge is 0.350 e. The van der Waals surface area contributed by atoms with Crippen LogP contribution in [0.25, 0.3) is 0 Å². The van der Waals surface area contributed by atoms with Crippen LogP contribution in [0.3, 0.4) is 0 Å². The third-order valence-electron chi connectivity index (χ3n) is 3.15. The van der Waals surface area contributed by atoms with Crippen LogP contribution in [0.1, 0.15) is 6.92 Å². The van der Waals surface area contributed by atoms with Gasteiger partial charge in [0.25, 0.3) is 15.9 Å². The molecule has 2 aliphatic rings. The lowest BCUT2D eigenvalue weighted by atomic mass is 10.1. The molecule has 2 heterocycles. The fourth-order valence-corrected chi connectivity index (χ4v) is 2.75. The van der Waals surface area contributed by atoms with Crippen molar-refractivity contribution in [1.29, 1.82) is 0 Å². The Hall–Kier alpha value is -1.67. The Bertz CT molecular complexity index is 592. The van der Waals surface area contributed by atoms with E-state index in [4.69, 9.17) is 0 Å². The van der Waals surface area contributed by atoms with E-state index in [2.05, 4.69) is 15.0 Å². The van der Waals surface area contributed by atoms with Gasteiger partial charge in [0.05, 0.1) is 11.3 Å². The van der Waals surface area contributed by atoms with E-state index in [9.17, 15) is 13.2 Å². The number of carbonyl (C=O) groups excluding carboxylic acids is 1. The molecule has 0 aromatic heterocycles. The van der Waals surface area contributed by atoms with E-state index in [1.54, 1.807) is 23.3 Å². The summed E-state index contributed by atoms with van der Waals surface area (Å²) in [5.41, 5.74) is 0.492. The maximum Gasteiger partial charge on any atom is 0.256 e. The molecular formula is C12H18N4O3S. The van der Waals surface area contributed by atoms with Gasteiger partial charge in [0, 0.05) is 25.3 Å². The van der Waals surface area contributed by atoms with Crippen LogP contribution in [0.2, 0.25) is 0 Å². The van der Waals surface area contributed by atoms with Gasteiger partial charge >= 0.3 is 0 Å². The first-order chi connectivity index (χ1) is 9.41. The van der Waals surface area contributed by atoms with Crippen LogP contribution in [0.15, 0.2) is 28.3 Å². The highest BCUT2D eigenvalue weighted by Gasteiger charge is 2.24. The zero-order valence-corrected chi connectivity index (χ0v) is 12.3. The zero-order chi connectivity index (χ0) is 14.8. The summed E-state index contributed by atoms with van der Waals surface area (Å²) in [5.74, 6) is 0.138. The maximum absolute atomic E-state index is 12.0. The van der Waals surface area contributed by atoms with Crippen LogP contribution < -0.4 is 10.6 Å². The monoisotopic (exact) mass is 298 g/mol. The van der Waals surface area contributed by atoms with E-state index in [-0.39, 0.29) is 17.7 Å². The minimum Gasteiger partial charge on any atom is -0.350 e. The molecule has 20 heavy (non-hydrogen) atoms. The number of likely N-dealkylation sites (N-methyl/N-ethyl adjacent to an activating group) is 1. The van der Waals surface area contributed by atoms with Crippen molar-refractivity contribution in [2.45, 2.75) is 13.0 Å². The number of amidine groups is 1. The molecule has 0 bridgehead atoms.